The molecule has 6 heteroatoms. The van der Waals surface area contributed by atoms with Gasteiger partial charge in [0.15, 0.2) is 0 Å². The number of anilines is 2. The molecule has 1 aromatic carbocycles. The van der Waals surface area contributed by atoms with E-state index in [-0.39, 0.29) is 0 Å². The van der Waals surface area contributed by atoms with Gasteiger partial charge >= 0.3 is 0 Å². The van der Waals surface area contributed by atoms with Crippen molar-refractivity contribution in [3.63, 3.8) is 0 Å². The van der Waals surface area contributed by atoms with Gasteiger partial charge in [0.25, 0.3) is 0 Å². The average molecular weight is 366 g/mol. The predicted molar refractivity (Wildman–Crippen MR) is 88.7 cm³/mol. The highest BCUT2D eigenvalue weighted by molar-refractivity contribution is 9.10. The second-order valence-electron chi connectivity index (χ2n) is 5.07. The maximum Gasteiger partial charge on any atom is 0.214 e. The second-order valence-corrected chi connectivity index (χ2v) is 5.99. The molecule has 1 aliphatic rings. The van der Waals surface area contributed by atoms with E-state index in [1.807, 2.05) is 6.07 Å². The van der Waals surface area contributed by atoms with E-state index >= 15 is 0 Å². The summed E-state index contributed by atoms with van der Waals surface area (Å²) in [6.45, 7) is 3.83. The monoisotopic (exact) mass is 365 g/mol. The highest BCUT2D eigenvalue weighted by Crippen LogP contribution is 2.26. The van der Waals surface area contributed by atoms with Crippen LogP contribution in [-0.2, 0) is 11.3 Å². The Morgan fingerprint density at radius 3 is 2.82 bits per heavy atom. The Balaban J connectivity index is 1.77. The predicted octanol–water partition coefficient (Wildman–Crippen LogP) is 3.43. The van der Waals surface area contributed by atoms with E-state index in [1.54, 1.807) is 12.1 Å². The summed E-state index contributed by atoms with van der Waals surface area (Å²) >= 11 is 3.53. The molecular weight excluding hydrogens is 349 g/mol. The number of halogens is 2. The van der Waals surface area contributed by atoms with Crippen LogP contribution in [0.15, 0.2) is 40.9 Å². The second kappa shape index (κ2) is 7.07. The van der Waals surface area contributed by atoms with Crippen molar-refractivity contribution in [2.75, 3.05) is 36.5 Å². The summed E-state index contributed by atoms with van der Waals surface area (Å²) in [6, 6.07) is 10.9. The molecule has 22 heavy (non-hydrogen) atoms. The smallest absolute Gasteiger partial charge is 0.214 e. The van der Waals surface area contributed by atoms with Gasteiger partial charge in [-0.15, -0.1) is 0 Å². The normalized spacial score (nSPS) is 14.9. The van der Waals surface area contributed by atoms with E-state index in [0.717, 1.165) is 36.3 Å². The van der Waals surface area contributed by atoms with Crippen molar-refractivity contribution in [3.8, 4) is 0 Å². The Kier molecular flexibility index (Phi) is 4.90. The zero-order valence-electron chi connectivity index (χ0n) is 12.1. The van der Waals surface area contributed by atoms with Crippen molar-refractivity contribution in [1.29, 1.82) is 0 Å². The maximum atomic E-state index is 13.1. The lowest BCUT2D eigenvalue weighted by Gasteiger charge is -2.31. The fourth-order valence-electron chi connectivity index (χ4n) is 2.48. The van der Waals surface area contributed by atoms with Gasteiger partial charge in [-0.05, 0) is 29.8 Å². The maximum absolute atomic E-state index is 13.1. The molecule has 1 saturated heterocycles. The van der Waals surface area contributed by atoms with Crippen LogP contribution >= 0.6 is 15.9 Å². The van der Waals surface area contributed by atoms with Gasteiger partial charge in [0, 0.05) is 29.8 Å². The Morgan fingerprint density at radius 2 is 2.05 bits per heavy atom. The van der Waals surface area contributed by atoms with Gasteiger partial charge in [-0.1, -0.05) is 28.1 Å². The summed E-state index contributed by atoms with van der Waals surface area (Å²) in [4.78, 5) is 6.14. The van der Waals surface area contributed by atoms with Crippen molar-refractivity contribution in [3.05, 3.63) is 52.4 Å². The van der Waals surface area contributed by atoms with Crippen molar-refractivity contribution in [1.82, 2.24) is 4.98 Å². The third kappa shape index (κ3) is 3.75. The van der Waals surface area contributed by atoms with Crippen LogP contribution < -0.4 is 10.2 Å². The molecule has 116 valence electrons. The fraction of sp³-hybridized carbons (Fsp3) is 0.312. The summed E-state index contributed by atoms with van der Waals surface area (Å²) in [5.41, 5.74) is 2.32. The summed E-state index contributed by atoms with van der Waals surface area (Å²) in [5, 5.41) is 3.18. The molecule has 1 N–H and O–H groups in total. The standard InChI is InChI=1S/C16H17BrFN3O/c17-13-5-4-12(11-19-16-3-1-2-15(18)20-16)14(10-13)21-6-8-22-9-7-21/h1-5,10H,6-9,11H2,(H,19,20). The molecule has 3 rings (SSSR count). The largest absolute Gasteiger partial charge is 0.378 e. The zero-order valence-corrected chi connectivity index (χ0v) is 13.6. The van der Waals surface area contributed by atoms with Crippen LogP contribution in [0.25, 0.3) is 0 Å². The minimum Gasteiger partial charge on any atom is -0.378 e. The molecule has 0 bridgehead atoms. The molecule has 0 unspecified atom stereocenters. The fourth-order valence-corrected chi connectivity index (χ4v) is 2.83. The van der Waals surface area contributed by atoms with Gasteiger partial charge < -0.3 is 15.0 Å². The van der Waals surface area contributed by atoms with Crippen molar-refractivity contribution < 1.29 is 9.13 Å². The Labute approximate surface area is 137 Å². The molecule has 0 amide bonds. The van der Waals surface area contributed by atoms with Crippen molar-refractivity contribution in [2.45, 2.75) is 6.54 Å². The van der Waals surface area contributed by atoms with Crippen LogP contribution in [-0.4, -0.2) is 31.3 Å². The minimum atomic E-state index is -0.478. The number of benzene rings is 1. The number of rotatable bonds is 4. The zero-order chi connectivity index (χ0) is 15.4. The Morgan fingerprint density at radius 1 is 1.23 bits per heavy atom. The molecule has 1 aromatic heterocycles. The van der Waals surface area contributed by atoms with Crippen LogP contribution in [0.5, 0.6) is 0 Å². The Hall–Kier alpha value is -1.66. The number of nitrogens with zero attached hydrogens (tertiary/aromatic N) is 2. The van der Waals surface area contributed by atoms with E-state index in [1.165, 1.54) is 11.8 Å². The molecule has 2 aromatic rings. The van der Waals surface area contributed by atoms with Crippen LogP contribution in [0.1, 0.15) is 5.56 Å². The number of morpholine rings is 1. The van der Waals surface area contributed by atoms with E-state index in [0.29, 0.717) is 12.4 Å². The summed E-state index contributed by atoms with van der Waals surface area (Å²) < 4.78 is 19.6. The van der Waals surface area contributed by atoms with Crippen molar-refractivity contribution in [2.24, 2.45) is 0 Å². The van der Waals surface area contributed by atoms with Gasteiger partial charge in [0.05, 0.1) is 13.2 Å². The van der Waals surface area contributed by atoms with Gasteiger partial charge in [0.1, 0.15) is 5.82 Å². The average Bonchev–Trinajstić information content (AvgIpc) is 2.54. The highest BCUT2D eigenvalue weighted by atomic mass is 79.9. The summed E-state index contributed by atoms with van der Waals surface area (Å²) in [5.74, 6) is 0.0602. The van der Waals surface area contributed by atoms with Gasteiger partial charge in [-0.3, -0.25) is 0 Å². The number of ether oxygens (including phenoxy) is 1. The lowest BCUT2D eigenvalue weighted by Crippen LogP contribution is -2.36. The summed E-state index contributed by atoms with van der Waals surface area (Å²) in [7, 11) is 0. The first-order valence-electron chi connectivity index (χ1n) is 7.20. The number of hydrogen-bond donors (Lipinski definition) is 1. The van der Waals surface area contributed by atoms with Crippen LogP contribution in [0.4, 0.5) is 15.9 Å². The van der Waals surface area contributed by atoms with Gasteiger partial charge in [-0.25, -0.2) is 4.98 Å². The first-order chi connectivity index (χ1) is 10.7. The molecule has 1 aliphatic heterocycles. The molecule has 4 nitrogen and oxygen atoms in total. The lowest BCUT2D eigenvalue weighted by molar-refractivity contribution is 0.122. The Bertz CT molecular complexity index is 647. The molecule has 0 saturated carbocycles. The van der Waals surface area contributed by atoms with Gasteiger partial charge in [-0.2, -0.15) is 4.39 Å². The van der Waals surface area contributed by atoms with E-state index in [9.17, 15) is 4.39 Å². The quantitative estimate of drug-likeness (QED) is 0.842. The third-order valence-electron chi connectivity index (χ3n) is 3.57. The van der Waals surface area contributed by atoms with Crippen LogP contribution in [0.2, 0.25) is 0 Å². The first kappa shape index (κ1) is 15.2. The van der Waals surface area contributed by atoms with Crippen LogP contribution in [0.3, 0.4) is 0 Å². The van der Waals surface area contributed by atoms with E-state index in [4.69, 9.17) is 4.74 Å². The van der Waals surface area contributed by atoms with E-state index < -0.39 is 5.95 Å². The molecule has 0 spiro atoms. The first-order valence-corrected chi connectivity index (χ1v) is 7.99. The highest BCUT2D eigenvalue weighted by Gasteiger charge is 2.15. The number of aromatic nitrogens is 1. The molecule has 1 fully saturated rings. The molecule has 2 heterocycles. The molecule has 0 aliphatic carbocycles. The van der Waals surface area contributed by atoms with E-state index in [2.05, 4.69) is 43.3 Å². The van der Waals surface area contributed by atoms with Crippen molar-refractivity contribution >= 4 is 27.4 Å². The SMILES string of the molecule is Fc1cccc(NCc2ccc(Br)cc2N2CCOCC2)n1. The molecular formula is C16H17BrFN3O. The molecule has 0 radical (unpaired) electrons. The lowest BCUT2D eigenvalue weighted by atomic mass is 10.1. The van der Waals surface area contributed by atoms with Crippen LogP contribution in [0, 0.1) is 5.95 Å². The third-order valence-corrected chi connectivity index (χ3v) is 4.07. The summed E-state index contributed by atoms with van der Waals surface area (Å²) in [6.07, 6.45) is 0. The minimum absolute atomic E-state index is 0.478. The number of nitrogens with one attached hydrogen (secondary N) is 1. The van der Waals surface area contributed by atoms with Gasteiger partial charge in [0.2, 0.25) is 5.95 Å². The molecule has 0 atom stereocenters. The number of pyridine rings is 1. The number of hydrogen-bond acceptors (Lipinski definition) is 4. The topological polar surface area (TPSA) is 37.4 Å².